The summed E-state index contributed by atoms with van der Waals surface area (Å²) in [4.78, 5) is 15.3. The zero-order chi connectivity index (χ0) is 13.3. The van der Waals surface area contributed by atoms with Crippen LogP contribution in [0.3, 0.4) is 0 Å². The number of nitrogen functional groups attached to an aromatic ring is 1. The fourth-order valence-electron chi connectivity index (χ4n) is 1.97. The first-order chi connectivity index (χ1) is 8.58. The molecule has 3 atom stereocenters. The van der Waals surface area contributed by atoms with Gasteiger partial charge in [-0.25, -0.2) is 4.79 Å². The normalized spacial score (nSPS) is 29.9. The number of hydrogen-bond acceptors (Lipinski definition) is 6. The lowest BCUT2D eigenvalue weighted by atomic mass is 10.1. The topological polar surface area (TPSA) is 111 Å². The lowest BCUT2D eigenvalue weighted by Crippen LogP contribution is -2.28. The van der Waals surface area contributed by atoms with Gasteiger partial charge < -0.3 is 20.7 Å². The Morgan fingerprint density at radius 1 is 1.67 bits per heavy atom. The van der Waals surface area contributed by atoms with Crippen molar-refractivity contribution >= 4 is 5.82 Å². The number of nitrogens with two attached hydrogens (primary N) is 1. The number of aliphatic hydroxyl groups excluding tert-OH is 2. The van der Waals surface area contributed by atoms with Crippen molar-refractivity contribution in [2.75, 3.05) is 12.3 Å². The van der Waals surface area contributed by atoms with E-state index in [1.807, 2.05) is 0 Å². The lowest BCUT2D eigenvalue weighted by Gasteiger charge is -2.15. The van der Waals surface area contributed by atoms with Crippen LogP contribution in [-0.2, 0) is 4.74 Å². The van der Waals surface area contributed by atoms with E-state index in [1.54, 1.807) is 13.0 Å². The van der Waals surface area contributed by atoms with Gasteiger partial charge in [-0.15, -0.1) is 0 Å². The monoisotopic (exact) mass is 253 g/mol. The summed E-state index contributed by atoms with van der Waals surface area (Å²) in [5.74, 6) is 0.121. The smallest absolute Gasteiger partial charge is 0.351 e. The summed E-state index contributed by atoms with van der Waals surface area (Å²) in [5.41, 5.74) is 5.36. The van der Waals surface area contributed by atoms with Crippen LogP contribution in [0.15, 0.2) is 28.7 Å². The van der Waals surface area contributed by atoms with E-state index in [2.05, 4.69) is 4.98 Å². The van der Waals surface area contributed by atoms with E-state index in [-0.39, 0.29) is 12.4 Å². The Morgan fingerprint density at radius 3 is 2.94 bits per heavy atom. The van der Waals surface area contributed by atoms with Gasteiger partial charge in [0, 0.05) is 11.8 Å². The molecular weight excluding hydrogens is 238 g/mol. The van der Waals surface area contributed by atoms with Crippen LogP contribution in [-0.4, -0.2) is 38.6 Å². The molecule has 0 amide bonds. The molecule has 0 bridgehead atoms. The number of ether oxygens (including phenoxy) is 1. The second kappa shape index (κ2) is 4.89. The molecule has 1 aromatic rings. The van der Waals surface area contributed by atoms with Gasteiger partial charge in [0.25, 0.3) is 0 Å². The summed E-state index contributed by atoms with van der Waals surface area (Å²) in [6.45, 7) is 1.40. The van der Waals surface area contributed by atoms with Crippen LogP contribution < -0.4 is 11.4 Å². The first-order valence-electron chi connectivity index (χ1n) is 5.53. The van der Waals surface area contributed by atoms with Crippen molar-refractivity contribution in [2.45, 2.75) is 25.4 Å². The van der Waals surface area contributed by atoms with Crippen LogP contribution in [0.4, 0.5) is 5.82 Å². The van der Waals surface area contributed by atoms with E-state index in [0.29, 0.717) is 5.57 Å². The Balaban J connectivity index is 2.41. The summed E-state index contributed by atoms with van der Waals surface area (Å²) in [7, 11) is 0. The summed E-state index contributed by atoms with van der Waals surface area (Å²) in [6, 6.07) is 1.47. The van der Waals surface area contributed by atoms with Crippen LogP contribution in [0.25, 0.3) is 0 Å². The third-order valence-electron chi connectivity index (χ3n) is 2.90. The number of aromatic nitrogens is 2. The maximum Gasteiger partial charge on any atom is 0.351 e. The average Bonchev–Trinajstić information content (AvgIpc) is 2.65. The van der Waals surface area contributed by atoms with E-state index < -0.39 is 24.1 Å². The van der Waals surface area contributed by atoms with Gasteiger partial charge in [0.05, 0.1) is 6.61 Å². The molecule has 2 rings (SSSR count). The van der Waals surface area contributed by atoms with E-state index in [1.165, 1.54) is 16.8 Å². The number of hydrogen-bond donors (Lipinski definition) is 3. The first-order valence-corrected chi connectivity index (χ1v) is 5.53. The summed E-state index contributed by atoms with van der Waals surface area (Å²) < 4.78 is 6.67. The maximum absolute atomic E-state index is 11.7. The largest absolute Gasteiger partial charge is 0.394 e. The number of anilines is 1. The Bertz CT molecular complexity index is 525. The highest BCUT2D eigenvalue weighted by molar-refractivity contribution is 5.25. The zero-order valence-corrected chi connectivity index (χ0v) is 9.85. The van der Waals surface area contributed by atoms with Crippen molar-refractivity contribution in [2.24, 2.45) is 0 Å². The molecule has 2 heterocycles. The Hall–Kier alpha value is -1.70. The molecule has 1 aromatic heterocycles. The average molecular weight is 253 g/mol. The molecule has 0 radical (unpaired) electrons. The Labute approximate surface area is 103 Å². The number of aliphatic hydroxyl groups is 2. The molecule has 0 aliphatic carbocycles. The van der Waals surface area contributed by atoms with Crippen LogP contribution in [0.5, 0.6) is 0 Å². The molecule has 7 heteroatoms. The third kappa shape index (κ3) is 2.03. The van der Waals surface area contributed by atoms with E-state index in [0.717, 1.165) is 0 Å². The fourth-order valence-corrected chi connectivity index (χ4v) is 1.97. The summed E-state index contributed by atoms with van der Waals surface area (Å²) >= 11 is 0. The zero-order valence-electron chi connectivity index (χ0n) is 9.85. The third-order valence-corrected chi connectivity index (χ3v) is 2.90. The quantitative estimate of drug-likeness (QED) is 0.584. The van der Waals surface area contributed by atoms with Gasteiger partial charge in [0.15, 0.2) is 6.23 Å². The maximum atomic E-state index is 11.7. The van der Waals surface area contributed by atoms with Crippen LogP contribution >= 0.6 is 0 Å². The lowest BCUT2D eigenvalue weighted by molar-refractivity contribution is -0.0447. The molecule has 1 aliphatic heterocycles. The summed E-state index contributed by atoms with van der Waals surface area (Å²) in [6.07, 6.45) is 0.668. The van der Waals surface area contributed by atoms with Crippen molar-refractivity contribution in [1.29, 1.82) is 0 Å². The molecule has 1 saturated heterocycles. The minimum atomic E-state index is -0.936. The highest BCUT2D eigenvalue weighted by atomic mass is 16.5. The standard InChI is InChI=1S/C11H15N3O4/c1-2-6-9(16)7(5-15)18-10(6)14-4-3-8(12)13-11(14)17/h2-4,7,9-10,15-16H,5H2,1H3,(H2,12,13,17)/t7-,9?,10-/m1/s1. The molecule has 98 valence electrons. The van der Waals surface area contributed by atoms with Crippen molar-refractivity contribution in [3.8, 4) is 0 Å². The molecule has 18 heavy (non-hydrogen) atoms. The highest BCUT2D eigenvalue weighted by Gasteiger charge is 2.39. The van der Waals surface area contributed by atoms with Gasteiger partial charge in [-0.2, -0.15) is 4.98 Å². The summed E-state index contributed by atoms with van der Waals surface area (Å²) in [5, 5.41) is 19.0. The molecule has 0 spiro atoms. The Kier molecular flexibility index (Phi) is 3.46. The van der Waals surface area contributed by atoms with Crippen LogP contribution in [0, 0.1) is 0 Å². The molecule has 7 nitrogen and oxygen atoms in total. The van der Waals surface area contributed by atoms with Crippen molar-refractivity contribution in [1.82, 2.24) is 9.55 Å². The van der Waals surface area contributed by atoms with Crippen molar-refractivity contribution < 1.29 is 14.9 Å². The highest BCUT2D eigenvalue weighted by Crippen LogP contribution is 2.32. The molecule has 1 aliphatic rings. The van der Waals surface area contributed by atoms with Gasteiger partial charge in [0.1, 0.15) is 18.0 Å². The molecule has 1 fully saturated rings. The van der Waals surface area contributed by atoms with Crippen molar-refractivity contribution in [3.63, 3.8) is 0 Å². The SMILES string of the molecule is CC=C1C(O)[C@@H](CO)O[C@H]1n1ccc(N)nc1=O. The number of nitrogens with zero attached hydrogens (tertiary/aromatic N) is 2. The molecule has 1 unspecified atom stereocenters. The first kappa shape index (κ1) is 12.7. The molecule has 0 aromatic carbocycles. The van der Waals surface area contributed by atoms with E-state index in [4.69, 9.17) is 15.6 Å². The minimum absolute atomic E-state index is 0.121. The number of allylic oxidation sites excluding steroid dienone is 1. The van der Waals surface area contributed by atoms with Crippen LogP contribution in [0.2, 0.25) is 0 Å². The van der Waals surface area contributed by atoms with E-state index >= 15 is 0 Å². The molecule has 0 saturated carbocycles. The van der Waals surface area contributed by atoms with Crippen LogP contribution in [0.1, 0.15) is 13.2 Å². The fraction of sp³-hybridized carbons (Fsp3) is 0.455. The number of rotatable bonds is 2. The molecule has 4 N–H and O–H groups in total. The van der Waals surface area contributed by atoms with Gasteiger partial charge in [-0.05, 0) is 13.0 Å². The van der Waals surface area contributed by atoms with Gasteiger partial charge >= 0.3 is 5.69 Å². The second-order valence-corrected chi connectivity index (χ2v) is 3.99. The second-order valence-electron chi connectivity index (χ2n) is 3.99. The van der Waals surface area contributed by atoms with Gasteiger partial charge in [0.2, 0.25) is 0 Å². The van der Waals surface area contributed by atoms with Crippen molar-refractivity contribution in [3.05, 3.63) is 34.4 Å². The minimum Gasteiger partial charge on any atom is -0.394 e. The van der Waals surface area contributed by atoms with Gasteiger partial charge in [-0.3, -0.25) is 4.57 Å². The predicted molar refractivity (Wildman–Crippen MR) is 63.7 cm³/mol. The Morgan fingerprint density at radius 2 is 2.39 bits per heavy atom. The predicted octanol–water partition coefficient (Wildman–Crippen LogP) is -0.978. The molecular formula is C11H15N3O4. The van der Waals surface area contributed by atoms with E-state index in [9.17, 15) is 9.90 Å². The van der Waals surface area contributed by atoms with Gasteiger partial charge in [-0.1, -0.05) is 6.08 Å².